The third-order valence-electron chi connectivity index (χ3n) is 5.63. The van der Waals surface area contributed by atoms with Crippen molar-refractivity contribution in [2.24, 2.45) is 0 Å². The zero-order chi connectivity index (χ0) is 24.3. The molecular weight excluding hydrogens is 444 g/mol. The van der Waals surface area contributed by atoms with Crippen LogP contribution in [0.25, 0.3) is 0 Å². The van der Waals surface area contributed by atoms with Crippen molar-refractivity contribution in [2.75, 3.05) is 19.7 Å². The normalized spacial score (nSPS) is 19.3. The Morgan fingerprint density at radius 2 is 1.76 bits per heavy atom. The number of ether oxygens (including phenoxy) is 2. The molecule has 9 heteroatoms. The molecule has 0 saturated carbocycles. The number of carbonyl (C=O) groups is 2. The largest absolute Gasteiger partial charge is 0.454 e. The molecule has 1 aliphatic heterocycles. The lowest BCUT2D eigenvalue weighted by atomic mass is 10.1. The molecule has 0 bridgehead atoms. The number of Topliss-reactive ketones (excluding diaryl/α,β-unsaturated/α-hetero) is 1. The van der Waals surface area contributed by atoms with Crippen LogP contribution in [0.1, 0.15) is 46.0 Å². The summed E-state index contributed by atoms with van der Waals surface area (Å²) in [6.07, 6.45) is 1.35. The fourth-order valence-corrected chi connectivity index (χ4v) is 5.62. The van der Waals surface area contributed by atoms with Crippen molar-refractivity contribution in [2.45, 2.75) is 51.3 Å². The van der Waals surface area contributed by atoms with Gasteiger partial charge >= 0.3 is 5.97 Å². The van der Waals surface area contributed by atoms with Gasteiger partial charge in [-0.25, -0.2) is 13.2 Å². The predicted molar refractivity (Wildman–Crippen MR) is 124 cm³/mol. The minimum atomic E-state index is -3.71. The van der Waals surface area contributed by atoms with Crippen molar-refractivity contribution in [1.82, 2.24) is 8.87 Å². The summed E-state index contributed by atoms with van der Waals surface area (Å²) >= 11 is 0. The van der Waals surface area contributed by atoms with Gasteiger partial charge in [0, 0.05) is 36.6 Å². The second kappa shape index (κ2) is 10.0. The highest BCUT2D eigenvalue weighted by atomic mass is 32.2. The van der Waals surface area contributed by atoms with Crippen molar-refractivity contribution in [3.8, 4) is 0 Å². The Kier molecular flexibility index (Phi) is 7.56. The van der Waals surface area contributed by atoms with Crippen molar-refractivity contribution in [1.29, 1.82) is 0 Å². The lowest BCUT2D eigenvalue weighted by Gasteiger charge is -2.34. The number of allylic oxidation sites excluding steroid dienone is 1. The molecule has 2 unspecified atom stereocenters. The number of hydrogen-bond donors (Lipinski definition) is 0. The van der Waals surface area contributed by atoms with Crippen LogP contribution in [-0.4, -0.2) is 60.9 Å². The van der Waals surface area contributed by atoms with E-state index >= 15 is 0 Å². The number of ketones is 1. The molecule has 0 spiro atoms. The third kappa shape index (κ3) is 5.43. The lowest BCUT2D eigenvalue weighted by Crippen LogP contribution is -2.48. The van der Waals surface area contributed by atoms with Gasteiger partial charge in [0.2, 0.25) is 15.8 Å². The van der Waals surface area contributed by atoms with E-state index in [9.17, 15) is 18.0 Å². The summed E-state index contributed by atoms with van der Waals surface area (Å²) in [6, 6.07) is 7.30. The van der Waals surface area contributed by atoms with E-state index in [1.54, 1.807) is 12.1 Å². The van der Waals surface area contributed by atoms with E-state index in [0.29, 0.717) is 12.1 Å². The molecule has 0 radical (unpaired) electrons. The van der Waals surface area contributed by atoms with Gasteiger partial charge in [-0.1, -0.05) is 6.08 Å². The number of benzene rings is 1. The Morgan fingerprint density at radius 1 is 1.15 bits per heavy atom. The molecule has 2 heterocycles. The Morgan fingerprint density at radius 3 is 2.33 bits per heavy atom. The molecule has 1 aliphatic rings. The highest BCUT2D eigenvalue weighted by molar-refractivity contribution is 7.89. The van der Waals surface area contributed by atoms with Crippen molar-refractivity contribution in [3.05, 3.63) is 65.5 Å². The highest BCUT2D eigenvalue weighted by Crippen LogP contribution is 2.22. The fourth-order valence-electron chi connectivity index (χ4n) is 4.02. The number of nitrogens with zero attached hydrogens (tertiary/aromatic N) is 2. The number of aryl methyl sites for hydroxylation is 1. The van der Waals surface area contributed by atoms with Crippen LogP contribution in [-0.2, 0) is 26.0 Å². The van der Waals surface area contributed by atoms with Crippen LogP contribution < -0.4 is 0 Å². The Hall–Kier alpha value is -2.75. The molecule has 33 heavy (non-hydrogen) atoms. The molecular formula is C24H30N2O6S. The molecule has 2 atom stereocenters. The number of aromatic nitrogens is 1. The maximum Gasteiger partial charge on any atom is 0.338 e. The van der Waals surface area contributed by atoms with Crippen LogP contribution in [0.5, 0.6) is 0 Å². The number of esters is 1. The van der Waals surface area contributed by atoms with Crippen LogP contribution >= 0.6 is 0 Å². The molecule has 2 aromatic rings. The number of morpholine rings is 1. The number of sulfonamides is 1. The fraction of sp³-hybridized carbons (Fsp3) is 0.417. The first-order valence-electron chi connectivity index (χ1n) is 10.8. The minimum Gasteiger partial charge on any atom is -0.454 e. The summed E-state index contributed by atoms with van der Waals surface area (Å²) in [7, 11) is -3.71. The first kappa shape index (κ1) is 24.9. The molecule has 178 valence electrons. The van der Waals surface area contributed by atoms with Gasteiger partial charge in [0.25, 0.3) is 0 Å². The molecule has 1 fully saturated rings. The van der Waals surface area contributed by atoms with Crippen molar-refractivity contribution >= 4 is 21.8 Å². The van der Waals surface area contributed by atoms with Gasteiger partial charge in [0.1, 0.15) is 0 Å². The molecule has 1 aromatic carbocycles. The van der Waals surface area contributed by atoms with Gasteiger partial charge in [-0.3, -0.25) is 4.79 Å². The van der Waals surface area contributed by atoms with E-state index in [4.69, 9.17) is 9.47 Å². The highest BCUT2D eigenvalue weighted by Gasteiger charge is 2.32. The van der Waals surface area contributed by atoms with E-state index < -0.39 is 22.6 Å². The Bertz CT molecular complexity index is 1140. The summed E-state index contributed by atoms with van der Waals surface area (Å²) < 4.78 is 40.0. The summed E-state index contributed by atoms with van der Waals surface area (Å²) in [6.45, 7) is 11.8. The summed E-state index contributed by atoms with van der Waals surface area (Å²) in [5.74, 6) is -0.998. The van der Waals surface area contributed by atoms with Gasteiger partial charge in [0.05, 0.1) is 22.7 Å². The quantitative estimate of drug-likeness (QED) is 0.331. The van der Waals surface area contributed by atoms with E-state index in [2.05, 4.69) is 6.58 Å². The summed E-state index contributed by atoms with van der Waals surface area (Å²) in [5, 5.41) is 0. The van der Waals surface area contributed by atoms with Crippen LogP contribution in [0.2, 0.25) is 0 Å². The zero-order valence-corrected chi connectivity index (χ0v) is 20.2. The smallest absolute Gasteiger partial charge is 0.338 e. The van der Waals surface area contributed by atoms with Gasteiger partial charge in [0.15, 0.2) is 6.61 Å². The second-order valence-electron chi connectivity index (χ2n) is 8.29. The van der Waals surface area contributed by atoms with Crippen LogP contribution in [0, 0.1) is 13.8 Å². The lowest BCUT2D eigenvalue weighted by molar-refractivity contribution is -0.0440. The van der Waals surface area contributed by atoms with Gasteiger partial charge in [-0.2, -0.15) is 4.31 Å². The molecule has 1 aromatic heterocycles. The van der Waals surface area contributed by atoms with E-state index in [-0.39, 0.29) is 41.5 Å². The Balaban J connectivity index is 1.65. The first-order chi connectivity index (χ1) is 15.5. The average molecular weight is 475 g/mol. The number of rotatable bonds is 8. The van der Waals surface area contributed by atoms with E-state index in [0.717, 1.165) is 11.4 Å². The molecule has 0 amide bonds. The van der Waals surface area contributed by atoms with Crippen LogP contribution in [0.4, 0.5) is 0 Å². The topological polar surface area (TPSA) is 94.9 Å². The number of hydrogen-bond acceptors (Lipinski definition) is 6. The third-order valence-corrected chi connectivity index (χ3v) is 7.48. The van der Waals surface area contributed by atoms with E-state index in [1.807, 2.05) is 32.3 Å². The van der Waals surface area contributed by atoms with Crippen LogP contribution in [0.3, 0.4) is 0 Å². The van der Waals surface area contributed by atoms with Crippen LogP contribution in [0.15, 0.2) is 47.9 Å². The molecule has 3 rings (SSSR count). The molecule has 0 aliphatic carbocycles. The monoisotopic (exact) mass is 474 g/mol. The predicted octanol–water partition coefficient (Wildman–Crippen LogP) is 3.13. The molecule has 8 nitrogen and oxygen atoms in total. The van der Waals surface area contributed by atoms with Crippen molar-refractivity contribution in [3.63, 3.8) is 0 Å². The maximum absolute atomic E-state index is 12.9. The van der Waals surface area contributed by atoms with Crippen molar-refractivity contribution < 1.29 is 27.5 Å². The maximum atomic E-state index is 12.9. The number of carbonyl (C=O) groups excluding carboxylic acids is 2. The molecule has 1 saturated heterocycles. The van der Waals surface area contributed by atoms with Gasteiger partial charge < -0.3 is 14.0 Å². The van der Waals surface area contributed by atoms with E-state index in [1.165, 1.54) is 28.6 Å². The summed E-state index contributed by atoms with van der Waals surface area (Å²) in [5.41, 5.74) is 2.37. The molecule has 0 N–H and O–H groups in total. The second-order valence-corrected chi connectivity index (χ2v) is 10.2. The zero-order valence-electron chi connectivity index (χ0n) is 19.4. The summed E-state index contributed by atoms with van der Waals surface area (Å²) in [4.78, 5) is 25.1. The average Bonchev–Trinajstić information content (AvgIpc) is 3.05. The Labute approximate surface area is 194 Å². The first-order valence-corrected chi connectivity index (χ1v) is 12.2. The minimum absolute atomic E-state index is 0.0890. The van der Waals surface area contributed by atoms with Gasteiger partial charge in [-0.15, -0.1) is 6.58 Å². The van der Waals surface area contributed by atoms with Gasteiger partial charge in [-0.05, 0) is 58.0 Å². The standard InChI is InChI=1S/C24H30N2O6S/c1-6-11-26-16(2)12-22(19(26)5)23(27)15-31-24(28)20-7-9-21(10-8-20)33(29,30)25-13-17(3)32-18(4)14-25/h6-10,12,17-18H,1,11,13-15H2,2-5H3. The SMILES string of the molecule is C=CCn1c(C)cc(C(=O)COC(=O)c2ccc(S(=O)(=O)N3CC(C)OC(C)C3)cc2)c1C.